The fraction of sp³-hybridized carbons (Fsp3) is 0.500. The molecule has 0 radical (unpaired) electrons. The van der Waals surface area contributed by atoms with E-state index >= 15 is 0 Å². The molecule has 0 saturated carbocycles. The Hall–Kier alpha value is -2.38. The molecule has 3 aromatic rings. The number of aryl methyl sites for hydroxylation is 2. The van der Waals surface area contributed by atoms with E-state index in [1.807, 2.05) is 32.0 Å². The van der Waals surface area contributed by atoms with Crippen molar-refractivity contribution in [2.24, 2.45) is 0 Å². The number of hydrogen-bond acceptors (Lipinski definition) is 7. The largest absolute Gasteiger partial charge is 0.371 e. The zero-order valence-corrected chi connectivity index (χ0v) is 19.3. The number of Topliss-reactive ketones (excluding diaryl/α,β-unsaturated/α-hetero) is 1. The Kier molecular flexibility index (Phi) is 6.92. The summed E-state index contributed by atoms with van der Waals surface area (Å²) in [6.07, 6.45) is 4.19. The van der Waals surface area contributed by atoms with Crippen LogP contribution in [0.2, 0.25) is 0 Å². The Labute approximate surface area is 187 Å². The van der Waals surface area contributed by atoms with E-state index in [-0.39, 0.29) is 12.1 Å². The summed E-state index contributed by atoms with van der Waals surface area (Å²) in [5, 5.41) is 0.886. The maximum absolute atomic E-state index is 13.0. The van der Waals surface area contributed by atoms with Crippen molar-refractivity contribution in [3.63, 3.8) is 0 Å². The number of hydrogen-bond donors (Lipinski definition) is 0. The van der Waals surface area contributed by atoms with Gasteiger partial charge < -0.3 is 9.64 Å². The number of aromatic nitrogens is 3. The lowest BCUT2D eigenvalue weighted by Crippen LogP contribution is -2.36. The number of rotatable bonds is 9. The van der Waals surface area contributed by atoms with Gasteiger partial charge in [-0.2, -0.15) is 4.98 Å². The van der Waals surface area contributed by atoms with Gasteiger partial charge in [0.1, 0.15) is 6.61 Å². The summed E-state index contributed by atoms with van der Waals surface area (Å²) < 4.78 is 6.71. The van der Waals surface area contributed by atoms with Crippen LogP contribution in [0.1, 0.15) is 57.1 Å². The molecule has 7 heteroatoms. The van der Waals surface area contributed by atoms with Crippen LogP contribution in [0, 0.1) is 0 Å². The second-order valence-corrected chi connectivity index (χ2v) is 9.23. The Balaban J connectivity index is 1.53. The SMILES string of the molecule is CCc1nc(COC(C)C)nc2nc(N3CCC[C@@H]3C(=O)CCc3ccccc3)sc12. The molecule has 1 aromatic carbocycles. The lowest BCUT2D eigenvalue weighted by molar-refractivity contribution is -0.120. The summed E-state index contributed by atoms with van der Waals surface area (Å²) >= 11 is 1.61. The van der Waals surface area contributed by atoms with Gasteiger partial charge in [-0.1, -0.05) is 48.6 Å². The van der Waals surface area contributed by atoms with Gasteiger partial charge in [-0.15, -0.1) is 0 Å². The molecular formula is C24H30N4O2S. The Bertz CT molecular complexity index is 1030. The second kappa shape index (κ2) is 9.83. The van der Waals surface area contributed by atoms with E-state index in [2.05, 4.69) is 28.9 Å². The number of carbonyl (C=O) groups is 1. The fourth-order valence-electron chi connectivity index (χ4n) is 4.00. The number of ketones is 1. The zero-order chi connectivity index (χ0) is 21.8. The molecule has 0 N–H and O–H groups in total. The average molecular weight is 439 g/mol. The second-order valence-electron chi connectivity index (χ2n) is 8.25. The third kappa shape index (κ3) is 5.10. The summed E-state index contributed by atoms with van der Waals surface area (Å²) in [6, 6.07) is 10.1. The Morgan fingerprint density at radius 2 is 2.03 bits per heavy atom. The van der Waals surface area contributed by atoms with Crippen molar-refractivity contribution >= 4 is 32.6 Å². The predicted octanol–water partition coefficient (Wildman–Crippen LogP) is 4.74. The highest BCUT2D eigenvalue weighted by Gasteiger charge is 2.32. The van der Waals surface area contributed by atoms with Gasteiger partial charge in [0.25, 0.3) is 0 Å². The molecule has 1 atom stereocenters. The number of fused-ring (bicyclic) bond motifs is 1. The zero-order valence-electron chi connectivity index (χ0n) is 18.5. The molecule has 1 aliphatic rings. The van der Waals surface area contributed by atoms with E-state index in [4.69, 9.17) is 14.7 Å². The van der Waals surface area contributed by atoms with Gasteiger partial charge in [0.2, 0.25) is 0 Å². The smallest absolute Gasteiger partial charge is 0.188 e. The van der Waals surface area contributed by atoms with Crippen LogP contribution in [-0.4, -0.2) is 39.4 Å². The van der Waals surface area contributed by atoms with Crippen molar-refractivity contribution in [1.82, 2.24) is 15.0 Å². The molecular weight excluding hydrogens is 408 g/mol. The fourth-order valence-corrected chi connectivity index (χ4v) is 5.14. The van der Waals surface area contributed by atoms with E-state index in [0.717, 1.165) is 53.4 Å². The van der Waals surface area contributed by atoms with E-state index in [0.29, 0.717) is 24.6 Å². The molecule has 6 nitrogen and oxygen atoms in total. The molecule has 1 aliphatic heterocycles. The lowest BCUT2D eigenvalue weighted by Gasteiger charge is -2.22. The van der Waals surface area contributed by atoms with Gasteiger partial charge in [-0.3, -0.25) is 4.79 Å². The minimum Gasteiger partial charge on any atom is -0.371 e. The molecule has 4 rings (SSSR count). The van der Waals surface area contributed by atoms with E-state index in [1.165, 1.54) is 5.56 Å². The molecule has 0 unspecified atom stereocenters. The minimum atomic E-state index is -0.0916. The molecule has 0 bridgehead atoms. The first-order valence-electron chi connectivity index (χ1n) is 11.2. The third-order valence-electron chi connectivity index (χ3n) is 5.61. The number of nitrogens with zero attached hydrogens (tertiary/aromatic N) is 4. The number of ether oxygens (including phenoxy) is 1. The standard InChI is InChI=1S/C24H30N4O2S/c1-4-18-22-23(26-21(25-18)15-30-16(2)3)27-24(31-22)28-14-8-11-19(28)20(29)13-12-17-9-6-5-7-10-17/h5-7,9-10,16,19H,4,8,11-15H2,1-3H3/t19-/m1/s1. The predicted molar refractivity (Wildman–Crippen MR) is 125 cm³/mol. The summed E-state index contributed by atoms with van der Waals surface area (Å²) in [6.45, 7) is 7.35. The average Bonchev–Trinajstić information content (AvgIpc) is 3.43. The first-order valence-corrected chi connectivity index (χ1v) is 12.0. The monoisotopic (exact) mass is 438 g/mol. The van der Waals surface area contributed by atoms with Gasteiger partial charge in [-0.05, 0) is 45.1 Å². The van der Waals surface area contributed by atoms with Crippen molar-refractivity contribution in [2.45, 2.75) is 71.6 Å². The van der Waals surface area contributed by atoms with E-state index in [1.54, 1.807) is 11.3 Å². The highest BCUT2D eigenvalue weighted by atomic mass is 32.1. The first-order chi connectivity index (χ1) is 15.0. The number of anilines is 1. The molecule has 0 spiro atoms. The Morgan fingerprint density at radius 1 is 1.23 bits per heavy atom. The summed E-state index contributed by atoms with van der Waals surface area (Å²) in [5.41, 5.74) is 2.93. The van der Waals surface area contributed by atoms with Crippen LogP contribution in [0.4, 0.5) is 5.13 Å². The van der Waals surface area contributed by atoms with Gasteiger partial charge in [0.15, 0.2) is 22.4 Å². The normalized spacial score (nSPS) is 16.5. The molecule has 0 aliphatic carbocycles. The van der Waals surface area contributed by atoms with Gasteiger partial charge in [0, 0.05) is 13.0 Å². The van der Waals surface area contributed by atoms with Crippen LogP contribution >= 0.6 is 11.3 Å². The Morgan fingerprint density at radius 3 is 2.77 bits per heavy atom. The highest BCUT2D eigenvalue weighted by molar-refractivity contribution is 7.22. The van der Waals surface area contributed by atoms with Gasteiger partial charge in [0.05, 0.1) is 22.5 Å². The van der Waals surface area contributed by atoms with Crippen LogP contribution < -0.4 is 4.90 Å². The maximum atomic E-state index is 13.0. The van der Waals surface area contributed by atoms with Crippen molar-refractivity contribution in [3.05, 3.63) is 47.4 Å². The maximum Gasteiger partial charge on any atom is 0.188 e. The molecule has 1 saturated heterocycles. The molecule has 2 aromatic heterocycles. The highest BCUT2D eigenvalue weighted by Crippen LogP contribution is 2.35. The molecule has 0 amide bonds. The van der Waals surface area contributed by atoms with Crippen LogP contribution in [0.25, 0.3) is 10.3 Å². The van der Waals surface area contributed by atoms with Crippen LogP contribution in [0.15, 0.2) is 30.3 Å². The topological polar surface area (TPSA) is 68.2 Å². The molecule has 3 heterocycles. The summed E-state index contributed by atoms with van der Waals surface area (Å²) in [4.78, 5) is 29.4. The third-order valence-corrected chi connectivity index (χ3v) is 6.74. The quantitative estimate of drug-likeness (QED) is 0.480. The first kappa shape index (κ1) is 21.8. The van der Waals surface area contributed by atoms with Crippen molar-refractivity contribution in [1.29, 1.82) is 0 Å². The van der Waals surface area contributed by atoms with Gasteiger partial charge >= 0.3 is 0 Å². The number of benzene rings is 1. The van der Waals surface area contributed by atoms with Crippen molar-refractivity contribution in [3.8, 4) is 0 Å². The van der Waals surface area contributed by atoms with Gasteiger partial charge in [-0.25, -0.2) is 9.97 Å². The number of carbonyl (C=O) groups excluding carboxylic acids is 1. The van der Waals surface area contributed by atoms with Crippen molar-refractivity contribution < 1.29 is 9.53 Å². The van der Waals surface area contributed by atoms with Crippen molar-refractivity contribution in [2.75, 3.05) is 11.4 Å². The number of thiazole rings is 1. The van der Waals surface area contributed by atoms with Crippen LogP contribution in [0.5, 0.6) is 0 Å². The van der Waals surface area contributed by atoms with Crippen LogP contribution in [0.3, 0.4) is 0 Å². The lowest BCUT2D eigenvalue weighted by atomic mass is 10.0. The molecule has 1 fully saturated rings. The van der Waals surface area contributed by atoms with Crippen LogP contribution in [-0.2, 0) is 29.0 Å². The minimum absolute atomic E-state index is 0.0916. The molecule has 164 valence electrons. The van der Waals surface area contributed by atoms with E-state index in [9.17, 15) is 4.79 Å². The van der Waals surface area contributed by atoms with E-state index < -0.39 is 0 Å². The summed E-state index contributed by atoms with van der Waals surface area (Å²) in [7, 11) is 0. The summed E-state index contributed by atoms with van der Waals surface area (Å²) in [5.74, 6) is 0.972. The molecule has 31 heavy (non-hydrogen) atoms.